The van der Waals surface area contributed by atoms with Crippen LogP contribution in [0.25, 0.3) is 21.9 Å². The summed E-state index contributed by atoms with van der Waals surface area (Å²) in [6.07, 6.45) is -0.289. The molecule has 0 saturated carbocycles. The van der Waals surface area contributed by atoms with Crippen LogP contribution in [0.3, 0.4) is 0 Å². The molecule has 0 aliphatic carbocycles. The lowest BCUT2D eigenvalue weighted by molar-refractivity contribution is -0.141. The molecule has 1 aromatic heterocycles. The standard InChI is InChI=1S/C24H19NO5/c26-20(14-19(24(28)29)25-23(27)12-15-6-2-1-3-7-15)16-10-11-22-18(13-16)17-8-4-5-9-21(17)30-22/h1-11,13,19H,12,14H2,(H,25,27)(H,28,29)/t19-/m0/s1. The molecule has 30 heavy (non-hydrogen) atoms. The first-order chi connectivity index (χ1) is 14.5. The van der Waals surface area contributed by atoms with Crippen LogP contribution in [0.1, 0.15) is 22.3 Å². The molecular formula is C24H19NO5. The Morgan fingerprint density at radius 2 is 1.57 bits per heavy atom. The lowest BCUT2D eigenvalue weighted by atomic mass is 10.0. The van der Waals surface area contributed by atoms with Gasteiger partial charge in [0.25, 0.3) is 0 Å². The Morgan fingerprint density at radius 1 is 0.867 bits per heavy atom. The van der Waals surface area contributed by atoms with Gasteiger partial charge in [0.05, 0.1) is 6.42 Å². The molecule has 0 spiro atoms. The van der Waals surface area contributed by atoms with Crippen molar-refractivity contribution in [2.75, 3.05) is 0 Å². The van der Waals surface area contributed by atoms with Crippen LogP contribution >= 0.6 is 0 Å². The SMILES string of the molecule is O=C(Cc1ccccc1)N[C@@H](CC(=O)c1ccc2oc3ccccc3c2c1)C(=O)O. The van der Waals surface area contributed by atoms with E-state index in [0.29, 0.717) is 16.7 Å². The topological polar surface area (TPSA) is 96.6 Å². The molecule has 0 unspecified atom stereocenters. The van der Waals surface area contributed by atoms with Gasteiger partial charge in [-0.25, -0.2) is 4.79 Å². The largest absolute Gasteiger partial charge is 0.480 e. The lowest BCUT2D eigenvalue weighted by Gasteiger charge is -2.14. The number of carboxylic acids is 1. The number of rotatable bonds is 7. The zero-order valence-electron chi connectivity index (χ0n) is 16.0. The fourth-order valence-corrected chi connectivity index (χ4v) is 3.43. The molecule has 150 valence electrons. The van der Waals surface area contributed by atoms with E-state index < -0.39 is 17.9 Å². The number of amides is 1. The molecule has 3 aromatic carbocycles. The second kappa shape index (κ2) is 8.21. The molecule has 0 radical (unpaired) electrons. The van der Waals surface area contributed by atoms with Gasteiger partial charge < -0.3 is 14.8 Å². The third kappa shape index (κ3) is 4.07. The van der Waals surface area contributed by atoms with E-state index in [-0.39, 0.29) is 18.6 Å². The minimum atomic E-state index is -1.30. The Hall–Kier alpha value is -3.93. The number of aliphatic carboxylic acids is 1. The van der Waals surface area contributed by atoms with Crippen LogP contribution in [-0.4, -0.2) is 28.8 Å². The van der Waals surface area contributed by atoms with Crippen molar-refractivity contribution >= 4 is 39.6 Å². The van der Waals surface area contributed by atoms with Crippen LogP contribution in [0.5, 0.6) is 0 Å². The number of Topliss-reactive ketones (excluding diaryl/α,β-unsaturated/α-hetero) is 1. The van der Waals surface area contributed by atoms with Crippen LogP contribution < -0.4 is 5.32 Å². The monoisotopic (exact) mass is 401 g/mol. The summed E-state index contributed by atoms with van der Waals surface area (Å²) >= 11 is 0. The van der Waals surface area contributed by atoms with Gasteiger partial charge >= 0.3 is 5.97 Å². The number of benzene rings is 3. The Kier molecular flexibility index (Phi) is 5.30. The molecule has 2 N–H and O–H groups in total. The van der Waals surface area contributed by atoms with Gasteiger partial charge in [0, 0.05) is 22.8 Å². The van der Waals surface area contributed by atoms with Gasteiger partial charge in [-0.05, 0) is 29.8 Å². The van der Waals surface area contributed by atoms with Gasteiger partial charge in [0.1, 0.15) is 17.2 Å². The van der Waals surface area contributed by atoms with Crippen molar-refractivity contribution in [2.24, 2.45) is 0 Å². The summed E-state index contributed by atoms with van der Waals surface area (Å²) in [4.78, 5) is 36.6. The number of nitrogens with one attached hydrogen (secondary N) is 1. The van der Waals surface area contributed by atoms with E-state index >= 15 is 0 Å². The molecule has 1 atom stereocenters. The maximum atomic E-state index is 12.8. The summed E-state index contributed by atoms with van der Waals surface area (Å²) in [6, 6.07) is 20.2. The van der Waals surface area contributed by atoms with E-state index in [1.807, 2.05) is 30.3 Å². The third-order valence-electron chi connectivity index (χ3n) is 4.93. The first kappa shape index (κ1) is 19.4. The van der Waals surface area contributed by atoms with Gasteiger partial charge in [0.2, 0.25) is 5.91 Å². The highest BCUT2D eigenvalue weighted by atomic mass is 16.4. The van der Waals surface area contributed by atoms with Crippen molar-refractivity contribution in [3.05, 3.63) is 83.9 Å². The van der Waals surface area contributed by atoms with Gasteiger partial charge in [-0.15, -0.1) is 0 Å². The van der Waals surface area contributed by atoms with Gasteiger partial charge in [-0.3, -0.25) is 9.59 Å². The first-order valence-electron chi connectivity index (χ1n) is 9.52. The van der Waals surface area contributed by atoms with Crippen molar-refractivity contribution in [1.29, 1.82) is 0 Å². The second-order valence-corrected chi connectivity index (χ2v) is 7.06. The highest BCUT2D eigenvalue weighted by molar-refractivity contribution is 6.09. The van der Waals surface area contributed by atoms with Gasteiger partial charge in [0.15, 0.2) is 5.78 Å². The Balaban J connectivity index is 1.50. The zero-order chi connectivity index (χ0) is 21.1. The van der Waals surface area contributed by atoms with Gasteiger partial charge in [-0.1, -0.05) is 48.5 Å². The molecule has 1 amide bonds. The molecule has 6 nitrogen and oxygen atoms in total. The van der Waals surface area contributed by atoms with E-state index in [9.17, 15) is 19.5 Å². The molecular weight excluding hydrogens is 382 g/mol. The number of hydrogen-bond donors (Lipinski definition) is 2. The van der Waals surface area contributed by atoms with Crippen molar-refractivity contribution in [3.8, 4) is 0 Å². The number of carboxylic acid groups (broad SMARTS) is 1. The number of ketones is 1. The smallest absolute Gasteiger partial charge is 0.326 e. The Morgan fingerprint density at radius 3 is 2.33 bits per heavy atom. The highest BCUT2D eigenvalue weighted by Gasteiger charge is 2.24. The normalized spacial score (nSPS) is 12.0. The van der Waals surface area contributed by atoms with Gasteiger partial charge in [-0.2, -0.15) is 0 Å². The van der Waals surface area contributed by atoms with Crippen LogP contribution in [0, 0.1) is 0 Å². The number of para-hydroxylation sites is 1. The molecule has 4 aromatic rings. The molecule has 4 rings (SSSR count). The van der Waals surface area contributed by atoms with Crippen molar-refractivity contribution in [2.45, 2.75) is 18.9 Å². The highest BCUT2D eigenvalue weighted by Crippen LogP contribution is 2.29. The maximum Gasteiger partial charge on any atom is 0.326 e. The molecule has 0 aliphatic rings. The van der Waals surface area contributed by atoms with E-state index in [1.54, 1.807) is 42.5 Å². The zero-order valence-corrected chi connectivity index (χ0v) is 16.0. The Labute approximate surface area is 172 Å². The summed E-state index contributed by atoms with van der Waals surface area (Å²) in [6.45, 7) is 0. The number of carbonyl (C=O) groups excluding carboxylic acids is 2. The van der Waals surface area contributed by atoms with E-state index in [0.717, 1.165) is 16.3 Å². The number of carbonyl (C=O) groups is 3. The van der Waals surface area contributed by atoms with E-state index in [2.05, 4.69) is 5.32 Å². The van der Waals surface area contributed by atoms with E-state index in [4.69, 9.17) is 4.42 Å². The third-order valence-corrected chi connectivity index (χ3v) is 4.93. The quantitative estimate of drug-likeness (QED) is 0.457. The van der Waals surface area contributed by atoms with Crippen LogP contribution in [-0.2, 0) is 16.0 Å². The van der Waals surface area contributed by atoms with Crippen LogP contribution in [0.4, 0.5) is 0 Å². The number of fused-ring (bicyclic) bond motifs is 3. The summed E-state index contributed by atoms with van der Waals surface area (Å²) in [5, 5.41) is 13.6. The fourth-order valence-electron chi connectivity index (χ4n) is 3.43. The molecule has 0 bridgehead atoms. The Bertz CT molecular complexity index is 1240. The van der Waals surface area contributed by atoms with Crippen molar-refractivity contribution < 1.29 is 23.9 Å². The van der Waals surface area contributed by atoms with Crippen LogP contribution in [0.2, 0.25) is 0 Å². The number of furan rings is 1. The summed E-state index contributed by atoms with van der Waals surface area (Å²) in [5.41, 5.74) is 2.51. The number of hydrogen-bond acceptors (Lipinski definition) is 4. The molecule has 0 saturated heterocycles. The molecule has 0 fully saturated rings. The fraction of sp³-hybridized carbons (Fsp3) is 0.125. The molecule has 6 heteroatoms. The summed E-state index contributed by atoms with van der Waals surface area (Å²) < 4.78 is 5.75. The second-order valence-electron chi connectivity index (χ2n) is 7.06. The first-order valence-corrected chi connectivity index (χ1v) is 9.52. The minimum Gasteiger partial charge on any atom is -0.480 e. The molecule has 1 heterocycles. The lowest BCUT2D eigenvalue weighted by Crippen LogP contribution is -2.42. The average Bonchev–Trinajstić information content (AvgIpc) is 3.11. The van der Waals surface area contributed by atoms with Crippen molar-refractivity contribution in [1.82, 2.24) is 5.32 Å². The summed E-state index contributed by atoms with van der Waals surface area (Å²) in [5.74, 6) is -2.06. The summed E-state index contributed by atoms with van der Waals surface area (Å²) in [7, 11) is 0. The molecule has 0 aliphatic heterocycles. The predicted molar refractivity (Wildman–Crippen MR) is 112 cm³/mol. The van der Waals surface area contributed by atoms with E-state index in [1.165, 1.54) is 0 Å². The van der Waals surface area contributed by atoms with Crippen molar-refractivity contribution in [3.63, 3.8) is 0 Å². The predicted octanol–water partition coefficient (Wildman–Crippen LogP) is 3.97. The maximum absolute atomic E-state index is 12.8. The van der Waals surface area contributed by atoms with Crippen LogP contribution in [0.15, 0.2) is 77.2 Å². The average molecular weight is 401 g/mol. The minimum absolute atomic E-state index is 0.0474.